The summed E-state index contributed by atoms with van der Waals surface area (Å²) in [6.45, 7) is 8.40. The van der Waals surface area contributed by atoms with Crippen LogP contribution in [0.1, 0.15) is 39.5 Å². The minimum absolute atomic E-state index is 0.152. The molecule has 1 heterocycles. The van der Waals surface area contributed by atoms with E-state index in [9.17, 15) is 13.0 Å². The summed E-state index contributed by atoms with van der Waals surface area (Å²) < 4.78 is 42.3. The van der Waals surface area contributed by atoms with Crippen LogP contribution in [0.3, 0.4) is 0 Å². The normalized spacial score (nSPS) is 30.0. The number of hydrogen-bond acceptors (Lipinski definition) is 3. The van der Waals surface area contributed by atoms with Crippen LogP contribution in [0, 0.1) is 11.8 Å². The number of nitrogens with zero attached hydrogens (tertiary/aromatic N) is 1. The van der Waals surface area contributed by atoms with Crippen molar-refractivity contribution in [2.75, 3.05) is 38.1 Å². The van der Waals surface area contributed by atoms with Crippen molar-refractivity contribution in [3.05, 3.63) is 0 Å². The van der Waals surface area contributed by atoms with Gasteiger partial charge in [0.05, 0.1) is 31.9 Å². The molecule has 1 saturated heterocycles. The zero-order valence-corrected chi connectivity index (χ0v) is 14.9. The number of hydrogen-bond donors (Lipinski definition) is 1. The fourth-order valence-electron chi connectivity index (χ4n) is 3.82. The first kappa shape index (κ1) is 19.0. The third-order valence-electron chi connectivity index (χ3n) is 4.88. The van der Waals surface area contributed by atoms with E-state index in [0.29, 0.717) is 24.4 Å². The molecule has 0 bridgehead atoms. The Balaban J connectivity index is 2.69. The maximum absolute atomic E-state index is 10.9. The molecule has 1 aliphatic heterocycles. The summed E-state index contributed by atoms with van der Waals surface area (Å²) in [6, 6.07) is 0. The number of likely N-dealkylation sites (tertiary alicyclic amines) is 1. The van der Waals surface area contributed by atoms with Gasteiger partial charge < -0.3 is 4.48 Å². The highest BCUT2D eigenvalue weighted by molar-refractivity contribution is 7.85. The zero-order chi connectivity index (χ0) is 15.9. The van der Waals surface area contributed by atoms with Crippen molar-refractivity contribution in [2.24, 2.45) is 11.8 Å². The number of quaternary nitrogens is 1. The largest absolute Gasteiger partial charge is 0.323 e. The van der Waals surface area contributed by atoms with Gasteiger partial charge in [0.15, 0.2) is 8.46 Å². The van der Waals surface area contributed by atoms with Crippen LogP contribution >= 0.6 is 8.46 Å². The smallest absolute Gasteiger partial charge is 0.265 e. The quantitative estimate of drug-likeness (QED) is 0.288. The van der Waals surface area contributed by atoms with Gasteiger partial charge in [0.2, 0.25) is 0 Å². The SMILES string of the molecule is CCC1C[N+](CCCP=O)(CCCS(=O)(=O)O)CC1CC. The Labute approximate surface area is 130 Å². The van der Waals surface area contributed by atoms with Crippen molar-refractivity contribution >= 4 is 18.6 Å². The van der Waals surface area contributed by atoms with Gasteiger partial charge in [-0.15, -0.1) is 0 Å². The fourth-order valence-corrected chi connectivity index (χ4v) is 4.59. The van der Waals surface area contributed by atoms with Gasteiger partial charge in [-0.05, 0) is 12.8 Å². The van der Waals surface area contributed by atoms with Gasteiger partial charge in [0, 0.05) is 30.8 Å². The van der Waals surface area contributed by atoms with Gasteiger partial charge >= 0.3 is 0 Å². The van der Waals surface area contributed by atoms with E-state index < -0.39 is 10.1 Å². The molecule has 2 unspecified atom stereocenters. The van der Waals surface area contributed by atoms with Crippen molar-refractivity contribution in [3.8, 4) is 0 Å². The molecule has 1 aliphatic rings. The average Bonchev–Trinajstić information content (AvgIpc) is 2.76. The summed E-state index contributed by atoms with van der Waals surface area (Å²) in [5.74, 6) is 1.25. The molecule has 1 rings (SSSR count). The fraction of sp³-hybridized carbons (Fsp3) is 1.00. The molecule has 2 atom stereocenters. The van der Waals surface area contributed by atoms with Crippen LogP contribution < -0.4 is 0 Å². The predicted molar refractivity (Wildman–Crippen MR) is 85.4 cm³/mol. The summed E-state index contributed by atoms with van der Waals surface area (Å²) in [5, 5.41) is 0. The van der Waals surface area contributed by atoms with Crippen LogP contribution in [0.4, 0.5) is 0 Å². The van der Waals surface area contributed by atoms with Gasteiger partial charge in [0.1, 0.15) is 0 Å². The molecule has 1 fully saturated rings. The Morgan fingerprint density at radius 3 is 2.05 bits per heavy atom. The third-order valence-corrected chi connectivity index (χ3v) is 6.18. The summed E-state index contributed by atoms with van der Waals surface area (Å²) >= 11 is 0. The molecule has 0 aromatic carbocycles. The predicted octanol–water partition coefficient (Wildman–Crippen LogP) is 2.83. The zero-order valence-electron chi connectivity index (χ0n) is 13.2. The highest BCUT2D eigenvalue weighted by Gasteiger charge is 2.42. The van der Waals surface area contributed by atoms with Gasteiger partial charge in [-0.2, -0.15) is 8.42 Å². The molecule has 0 radical (unpaired) electrons. The molecule has 0 aromatic rings. The van der Waals surface area contributed by atoms with Gasteiger partial charge in [-0.25, -0.2) is 0 Å². The van der Waals surface area contributed by atoms with E-state index in [2.05, 4.69) is 13.8 Å². The van der Waals surface area contributed by atoms with Crippen LogP contribution in [0.25, 0.3) is 0 Å². The lowest BCUT2D eigenvalue weighted by molar-refractivity contribution is -0.919. The second-order valence-electron chi connectivity index (χ2n) is 6.34. The molecule has 0 amide bonds. The lowest BCUT2D eigenvalue weighted by atomic mass is 9.92. The van der Waals surface area contributed by atoms with Crippen molar-refractivity contribution in [1.82, 2.24) is 0 Å². The first-order chi connectivity index (χ1) is 9.86. The van der Waals surface area contributed by atoms with Crippen LogP contribution in [-0.2, 0) is 14.7 Å². The third kappa shape index (κ3) is 6.31. The summed E-state index contributed by atoms with van der Waals surface area (Å²) in [7, 11) is -3.68. The van der Waals surface area contributed by atoms with Gasteiger partial charge in [-0.1, -0.05) is 13.8 Å². The monoisotopic (exact) mass is 338 g/mol. The van der Waals surface area contributed by atoms with Gasteiger partial charge in [-0.3, -0.25) is 9.12 Å². The van der Waals surface area contributed by atoms with E-state index in [4.69, 9.17) is 4.55 Å². The van der Waals surface area contributed by atoms with Crippen molar-refractivity contribution in [1.29, 1.82) is 0 Å². The van der Waals surface area contributed by atoms with Crippen LogP contribution in [0.15, 0.2) is 0 Å². The second-order valence-corrected chi connectivity index (χ2v) is 8.61. The number of rotatable bonds is 10. The Morgan fingerprint density at radius 2 is 1.62 bits per heavy atom. The molecular weight excluding hydrogens is 309 g/mol. The molecule has 21 heavy (non-hydrogen) atoms. The molecule has 5 nitrogen and oxygen atoms in total. The van der Waals surface area contributed by atoms with Crippen molar-refractivity contribution < 1.29 is 22.0 Å². The summed E-state index contributed by atoms with van der Waals surface area (Å²) in [4.78, 5) is 0. The molecule has 1 N–H and O–H groups in total. The lowest BCUT2D eigenvalue weighted by Crippen LogP contribution is -2.48. The first-order valence-corrected chi connectivity index (χ1v) is 10.6. The Kier molecular flexibility index (Phi) is 7.75. The van der Waals surface area contributed by atoms with E-state index in [0.717, 1.165) is 49.9 Å². The Hall–Kier alpha value is -0.0300. The van der Waals surface area contributed by atoms with Crippen molar-refractivity contribution in [2.45, 2.75) is 39.5 Å². The minimum Gasteiger partial charge on any atom is -0.323 e. The summed E-state index contributed by atoms with van der Waals surface area (Å²) in [5.41, 5.74) is 0. The molecule has 124 valence electrons. The lowest BCUT2D eigenvalue weighted by Gasteiger charge is -2.35. The molecule has 0 spiro atoms. The maximum atomic E-state index is 10.9. The van der Waals surface area contributed by atoms with E-state index >= 15 is 0 Å². The molecule has 0 saturated carbocycles. The summed E-state index contributed by atoms with van der Waals surface area (Å²) in [6.07, 6.45) is 4.41. The maximum Gasteiger partial charge on any atom is 0.265 e. The van der Waals surface area contributed by atoms with Gasteiger partial charge in [0.25, 0.3) is 10.1 Å². The van der Waals surface area contributed by atoms with E-state index in [-0.39, 0.29) is 14.2 Å². The molecule has 7 heteroatoms. The van der Waals surface area contributed by atoms with Crippen LogP contribution in [-0.4, -0.2) is 55.5 Å². The minimum atomic E-state index is -3.87. The Bertz CT molecular complexity index is 415. The standard InChI is InChI=1S/C14H28NO4PS/c1-3-13-11-15(7-5-9-20-16,12-14(13)4-2)8-6-10-21(17,18)19/h13-14H,3-12H2,1-2H3/p+1. The topological polar surface area (TPSA) is 71.4 Å². The first-order valence-electron chi connectivity index (χ1n) is 7.95. The molecule has 0 aliphatic carbocycles. The van der Waals surface area contributed by atoms with E-state index in [1.165, 1.54) is 0 Å². The highest BCUT2D eigenvalue weighted by atomic mass is 32.2. The van der Waals surface area contributed by atoms with E-state index in [1.807, 2.05) is 0 Å². The van der Waals surface area contributed by atoms with Crippen LogP contribution in [0.5, 0.6) is 0 Å². The Morgan fingerprint density at radius 1 is 1.10 bits per heavy atom. The molecular formula is C14H29NO4PS+. The van der Waals surface area contributed by atoms with E-state index in [1.54, 1.807) is 0 Å². The average molecular weight is 338 g/mol. The highest BCUT2D eigenvalue weighted by Crippen LogP contribution is 2.34. The molecule has 0 aromatic heterocycles. The second kappa shape index (κ2) is 8.56. The van der Waals surface area contributed by atoms with Crippen LogP contribution in [0.2, 0.25) is 0 Å². The van der Waals surface area contributed by atoms with Crippen molar-refractivity contribution in [3.63, 3.8) is 0 Å².